The summed E-state index contributed by atoms with van der Waals surface area (Å²) in [5, 5.41) is 24.0. The zero-order valence-corrected chi connectivity index (χ0v) is 28.8. The number of nitrogens with one attached hydrogen (secondary N) is 2. The maximum atomic E-state index is 11.2. The fourth-order valence-corrected chi connectivity index (χ4v) is 5.34. The van der Waals surface area contributed by atoms with E-state index in [-0.39, 0.29) is 0 Å². The number of carboxylic acid groups (broad SMARTS) is 2. The molecule has 0 unspecified atom stereocenters. The van der Waals surface area contributed by atoms with Crippen LogP contribution in [0.15, 0.2) is 97.1 Å². The molecule has 10 heteroatoms. The van der Waals surface area contributed by atoms with Crippen LogP contribution in [0.1, 0.15) is 22.3 Å². The maximum absolute atomic E-state index is 11.2. The van der Waals surface area contributed by atoms with Crippen LogP contribution in [0.4, 0.5) is 0 Å². The van der Waals surface area contributed by atoms with E-state index in [0.717, 1.165) is 40.9 Å². The van der Waals surface area contributed by atoms with E-state index in [4.69, 9.17) is 9.47 Å². The largest absolute Gasteiger partial charge is 0.489 e. The maximum Gasteiger partial charge on any atom is 0.321 e. The third-order valence-corrected chi connectivity index (χ3v) is 8.00. The number of carboxylic acids is 2. The summed E-state index contributed by atoms with van der Waals surface area (Å²) in [5.41, 5.74) is 3.94. The van der Waals surface area contributed by atoms with E-state index in [1.165, 1.54) is 0 Å². The normalized spacial score (nSPS) is 11.9. The minimum Gasteiger partial charge on any atom is -0.489 e. The summed E-state index contributed by atoms with van der Waals surface area (Å²) < 4.78 is 13.9. The van der Waals surface area contributed by atoms with Gasteiger partial charge in [-0.2, -0.15) is 0 Å². The van der Waals surface area contributed by atoms with Gasteiger partial charge in [0, 0.05) is 20.0 Å². The Balaban J connectivity index is 0.000000240. The SMILES string of the molecule is CN[C@@H](Cc1cc(I)ccc1OCc1ccccc1)C(=O)O.CN[C@@H](Cc1cc(I)ccc1OCc1ccccc1)C(=O)O. The van der Waals surface area contributed by atoms with E-state index < -0.39 is 24.0 Å². The molecule has 0 saturated heterocycles. The molecule has 0 bridgehead atoms. The molecule has 44 heavy (non-hydrogen) atoms. The summed E-state index contributed by atoms with van der Waals surface area (Å²) in [6.07, 6.45) is 0.763. The molecule has 0 heterocycles. The number of carbonyl (C=O) groups is 2. The molecule has 0 spiro atoms. The Morgan fingerprint density at radius 1 is 0.636 bits per heavy atom. The third kappa shape index (κ3) is 11.7. The van der Waals surface area contributed by atoms with Gasteiger partial charge < -0.3 is 30.3 Å². The molecule has 4 rings (SSSR count). The smallest absolute Gasteiger partial charge is 0.321 e. The van der Waals surface area contributed by atoms with Crippen molar-refractivity contribution in [3.63, 3.8) is 0 Å². The average molecular weight is 822 g/mol. The van der Waals surface area contributed by atoms with Crippen LogP contribution < -0.4 is 20.1 Å². The van der Waals surface area contributed by atoms with Crippen LogP contribution in [0, 0.1) is 7.14 Å². The average Bonchev–Trinajstić information content (AvgIpc) is 3.02. The minimum atomic E-state index is -0.865. The molecule has 0 saturated carbocycles. The molecule has 4 N–H and O–H groups in total. The topological polar surface area (TPSA) is 117 Å². The van der Waals surface area contributed by atoms with Gasteiger partial charge in [0.05, 0.1) is 0 Å². The molecule has 232 valence electrons. The van der Waals surface area contributed by atoms with Crippen LogP contribution in [0.25, 0.3) is 0 Å². The van der Waals surface area contributed by atoms with Crippen molar-refractivity contribution in [2.75, 3.05) is 14.1 Å². The first kappa shape index (κ1) is 35.3. The third-order valence-electron chi connectivity index (χ3n) is 6.66. The number of benzene rings is 4. The number of hydrogen-bond acceptors (Lipinski definition) is 6. The molecule has 0 aliphatic heterocycles. The Morgan fingerprint density at radius 2 is 1.00 bits per heavy atom. The van der Waals surface area contributed by atoms with Gasteiger partial charge in [-0.25, -0.2) is 0 Å². The summed E-state index contributed by atoms with van der Waals surface area (Å²) in [7, 11) is 3.30. The molecule has 0 amide bonds. The van der Waals surface area contributed by atoms with Crippen LogP contribution in [0.2, 0.25) is 0 Å². The van der Waals surface area contributed by atoms with Crippen molar-refractivity contribution in [1.82, 2.24) is 10.6 Å². The highest BCUT2D eigenvalue weighted by atomic mass is 127. The van der Waals surface area contributed by atoms with Crippen LogP contribution in [0.5, 0.6) is 11.5 Å². The van der Waals surface area contributed by atoms with Crippen molar-refractivity contribution in [1.29, 1.82) is 0 Å². The highest BCUT2D eigenvalue weighted by molar-refractivity contribution is 14.1. The van der Waals surface area contributed by atoms with Gasteiger partial charge in [0.1, 0.15) is 36.8 Å². The van der Waals surface area contributed by atoms with E-state index in [1.807, 2.05) is 97.1 Å². The summed E-state index contributed by atoms with van der Waals surface area (Å²) in [6.45, 7) is 0.928. The van der Waals surface area contributed by atoms with Crippen molar-refractivity contribution in [3.05, 3.63) is 126 Å². The quantitative estimate of drug-likeness (QED) is 0.112. The van der Waals surface area contributed by atoms with Gasteiger partial charge in [0.2, 0.25) is 0 Å². The summed E-state index contributed by atoms with van der Waals surface area (Å²) in [6, 6.07) is 30.2. The highest BCUT2D eigenvalue weighted by Crippen LogP contribution is 2.25. The Kier molecular flexibility index (Phi) is 14.9. The Bertz CT molecular complexity index is 1380. The number of rotatable bonds is 14. The van der Waals surface area contributed by atoms with Gasteiger partial charge in [-0.1, -0.05) is 60.7 Å². The molecular formula is C34H36I2N2O6. The van der Waals surface area contributed by atoms with Crippen molar-refractivity contribution in [3.8, 4) is 11.5 Å². The lowest BCUT2D eigenvalue weighted by molar-refractivity contribution is -0.140. The van der Waals surface area contributed by atoms with E-state index in [1.54, 1.807) is 14.1 Å². The van der Waals surface area contributed by atoms with E-state index >= 15 is 0 Å². The lowest BCUT2D eigenvalue weighted by Crippen LogP contribution is -2.35. The molecule has 4 aromatic rings. The van der Waals surface area contributed by atoms with Crippen molar-refractivity contribution < 1.29 is 29.3 Å². The first-order valence-corrected chi connectivity index (χ1v) is 16.1. The highest BCUT2D eigenvalue weighted by Gasteiger charge is 2.19. The van der Waals surface area contributed by atoms with Crippen LogP contribution >= 0.6 is 45.2 Å². The summed E-state index contributed by atoms with van der Waals surface area (Å²) >= 11 is 4.43. The van der Waals surface area contributed by atoms with Crippen LogP contribution in [-0.4, -0.2) is 48.3 Å². The molecule has 0 radical (unpaired) electrons. The van der Waals surface area contributed by atoms with Crippen molar-refractivity contribution in [2.45, 2.75) is 38.1 Å². The second-order valence-corrected chi connectivity index (χ2v) is 12.3. The van der Waals surface area contributed by atoms with E-state index in [0.29, 0.717) is 26.1 Å². The number of aliphatic carboxylic acids is 2. The lowest BCUT2D eigenvalue weighted by atomic mass is 10.1. The molecule has 2 atom stereocenters. The standard InChI is InChI=1S/2C17H18INO3/c2*1-19-15(17(20)21)10-13-9-14(18)7-8-16(13)22-11-12-5-3-2-4-6-12/h2*2-9,15,19H,10-11H2,1H3,(H,20,21)/t2*15-/m00/s1. The fourth-order valence-electron chi connectivity index (χ4n) is 4.23. The Morgan fingerprint density at radius 3 is 1.32 bits per heavy atom. The molecule has 0 aromatic heterocycles. The van der Waals surface area contributed by atoms with Crippen LogP contribution in [0.3, 0.4) is 0 Å². The molecular weight excluding hydrogens is 786 g/mol. The van der Waals surface area contributed by atoms with Gasteiger partial charge >= 0.3 is 11.9 Å². The van der Waals surface area contributed by atoms with E-state index in [9.17, 15) is 19.8 Å². The Labute approximate surface area is 285 Å². The second kappa shape index (κ2) is 18.6. The van der Waals surface area contributed by atoms with Crippen molar-refractivity contribution >= 4 is 57.1 Å². The summed E-state index contributed by atoms with van der Waals surface area (Å²) in [5.74, 6) is -0.276. The predicted molar refractivity (Wildman–Crippen MR) is 188 cm³/mol. The first-order valence-electron chi connectivity index (χ1n) is 13.9. The van der Waals surface area contributed by atoms with Crippen LogP contribution in [-0.2, 0) is 35.6 Å². The molecule has 4 aromatic carbocycles. The molecule has 0 fully saturated rings. The van der Waals surface area contributed by atoms with Gasteiger partial charge in [0.15, 0.2) is 0 Å². The van der Waals surface area contributed by atoms with Gasteiger partial charge in [-0.05, 0) is 118 Å². The predicted octanol–water partition coefficient (Wildman–Crippen LogP) is 6.17. The first-order chi connectivity index (χ1) is 21.2. The van der Waals surface area contributed by atoms with Gasteiger partial charge in [-0.3, -0.25) is 9.59 Å². The summed E-state index contributed by atoms with van der Waals surface area (Å²) in [4.78, 5) is 22.4. The molecule has 0 aliphatic rings. The monoisotopic (exact) mass is 822 g/mol. The molecule has 8 nitrogen and oxygen atoms in total. The number of likely N-dealkylation sites (N-methyl/N-ethyl adjacent to an activating group) is 2. The lowest BCUT2D eigenvalue weighted by Gasteiger charge is -2.16. The van der Waals surface area contributed by atoms with Gasteiger partial charge in [0.25, 0.3) is 0 Å². The molecule has 0 aliphatic carbocycles. The number of hydrogen-bond donors (Lipinski definition) is 4. The van der Waals surface area contributed by atoms with Gasteiger partial charge in [-0.15, -0.1) is 0 Å². The minimum absolute atomic E-state index is 0.382. The Hall–Kier alpha value is -3.20. The van der Waals surface area contributed by atoms with E-state index in [2.05, 4.69) is 55.8 Å². The zero-order chi connectivity index (χ0) is 31.9. The second-order valence-electron chi connectivity index (χ2n) is 9.82. The van der Waals surface area contributed by atoms with Crippen molar-refractivity contribution in [2.24, 2.45) is 0 Å². The number of ether oxygens (including phenoxy) is 2. The fraction of sp³-hybridized carbons (Fsp3) is 0.235. The zero-order valence-electron chi connectivity index (χ0n) is 24.5. The number of halogens is 2.